The van der Waals surface area contributed by atoms with Crippen LogP contribution in [0.5, 0.6) is 11.5 Å². The van der Waals surface area contributed by atoms with Crippen LogP contribution in [0.4, 0.5) is 4.39 Å². The van der Waals surface area contributed by atoms with E-state index < -0.39 is 0 Å². The molecule has 3 heterocycles. The van der Waals surface area contributed by atoms with Gasteiger partial charge in [-0.15, -0.1) is 5.10 Å². The predicted octanol–water partition coefficient (Wildman–Crippen LogP) is 4.82. The molecule has 5 aromatic rings. The summed E-state index contributed by atoms with van der Waals surface area (Å²) < 4.78 is 27.0. The maximum Gasteiger partial charge on any atom is 0.252 e. The molecular formula is C31H31FN6O3. The fourth-order valence-corrected chi connectivity index (χ4v) is 5.32. The topological polar surface area (TPSA) is 98.2 Å². The number of H-pyrrole nitrogens is 1. The van der Waals surface area contributed by atoms with Crippen molar-refractivity contribution in [3.05, 3.63) is 111 Å². The second-order valence-corrected chi connectivity index (χ2v) is 10.2. The van der Waals surface area contributed by atoms with Crippen molar-refractivity contribution in [2.75, 3.05) is 13.2 Å². The molecular weight excluding hydrogens is 523 g/mol. The maximum absolute atomic E-state index is 13.7. The fraction of sp³-hybridized carbons (Fsp3) is 0.290. The van der Waals surface area contributed by atoms with Crippen molar-refractivity contribution >= 4 is 10.9 Å². The lowest BCUT2D eigenvalue weighted by Gasteiger charge is -2.30. The van der Waals surface area contributed by atoms with Gasteiger partial charge in [0.05, 0.1) is 11.6 Å². The maximum atomic E-state index is 13.7. The van der Waals surface area contributed by atoms with E-state index in [1.807, 2.05) is 35.0 Å². The van der Waals surface area contributed by atoms with Gasteiger partial charge in [-0.25, -0.2) is 9.07 Å². The van der Waals surface area contributed by atoms with Gasteiger partial charge >= 0.3 is 0 Å². The van der Waals surface area contributed by atoms with E-state index in [4.69, 9.17) is 9.47 Å². The van der Waals surface area contributed by atoms with E-state index in [0.29, 0.717) is 61.8 Å². The van der Waals surface area contributed by atoms with Gasteiger partial charge in [-0.1, -0.05) is 49.4 Å². The van der Waals surface area contributed by atoms with Gasteiger partial charge in [0.1, 0.15) is 19.0 Å². The normalized spacial score (nSPS) is 13.5. The third kappa shape index (κ3) is 5.97. The highest BCUT2D eigenvalue weighted by Crippen LogP contribution is 2.34. The van der Waals surface area contributed by atoms with Crippen molar-refractivity contribution in [2.24, 2.45) is 0 Å². The lowest BCUT2D eigenvalue weighted by atomic mass is 10.1. The quantitative estimate of drug-likeness (QED) is 0.264. The highest BCUT2D eigenvalue weighted by Gasteiger charge is 2.26. The molecule has 0 saturated carbocycles. The van der Waals surface area contributed by atoms with Gasteiger partial charge in [0.2, 0.25) is 0 Å². The molecule has 0 saturated heterocycles. The summed E-state index contributed by atoms with van der Waals surface area (Å²) in [4.78, 5) is 18.5. The van der Waals surface area contributed by atoms with E-state index in [1.165, 1.54) is 17.7 Å². The first-order valence-electron chi connectivity index (χ1n) is 13.8. The number of benzene rings is 3. The van der Waals surface area contributed by atoms with Crippen LogP contribution in [0, 0.1) is 5.82 Å². The number of aromatic nitrogens is 5. The number of tetrazole rings is 1. The van der Waals surface area contributed by atoms with Crippen LogP contribution in [0.15, 0.2) is 77.6 Å². The molecule has 9 nitrogen and oxygen atoms in total. The summed E-state index contributed by atoms with van der Waals surface area (Å²) in [6, 6.07) is 22.0. The average Bonchev–Trinajstić information content (AvgIpc) is 3.45. The van der Waals surface area contributed by atoms with Crippen molar-refractivity contribution in [1.29, 1.82) is 0 Å². The van der Waals surface area contributed by atoms with E-state index in [0.717, 1.165) is 23.2 Å². The number of fused-ring (bicyclic) bond motifs is 2. The van der Waals surface area contributed by atoms with Gasteiger partial charge in [0.25, 0.3) is 5.56 Å². The molecule has 1 N–H and O–H groups in total. The number of aryl methyl sites for hydroxylation is 2. The van der Waals surface area contributed by atoms with Crippen molar-refractivity contribution in [2.45, 2.75) is 45.4 Å². The summed E-state index contributed by atoms with van der Waals surface area (Å²) in [5.41, 5.74) is 3.22. The van der Waals surface area contributed by atoms with E-state index in [1.54, 1.807) is 18.2 Å². The zero-order chi connectivity index (χ0) is 28.2. The van der Waals surface area contributed by atoms with Crippen molar-refractivity contribution in [3.63, 3.8) is 0 Å². The summed E-state index contributed by atoms with van der Waals surface area (Å²) in [5.74, 6) is 1.72. The van der Waals surface area contributed by atoms with Crippen LogP contribution in [0.1, 0.15) is 41.9 Å². The Labute approximate surface area is 236 Å². The Balaban J connectivity index is 1.33. The van der Waals surface area contributed by atoms with Crippen LogP contribution in [0.2, 0.25) is 0 Å². The molecule has 1 aliphatic rings. The Hall–Kier alpha value is -4.57. The number of hydrogen-bond donors (Lipinski definition) is 1. The number of nitrogens with zero attached hydrogens (tertiary/aromatic N) is 5. The number of nitrogens with one attached hydrogen (secondary N) is 1. The second kappa shape index (κ2) is 11.9. The first-order chi connectivity index (χ1) is 20.1. The van der Waals surface area contributed by atoms with Crippen LogP contribution < -0.4 is 15.0 Å². The molecule has 3 aromatic carbocycles. The molecule has 6 rings (SSSR count). The average molecular weight is 555 g/mol. The minimum Gasteiger partial charge on any atom is -0.486 e. The zero-order valence-corrected chi connectivity index (χ0v) is 22.8. The number of ether oxygens (including phenoxy) is 2. The molecule has 0 amide bonds. The molecule has 0 unspecified atom stereocenters. The monoisotopic (exact) mass is 554 g/mol. The molecule has 0 spiro atoms. The minimum atomic E-state index is -0.294. The summed E-state index contributed by atoms with van der Waals surface area (Å²) in [6.45, 7) is 4.47. The molecule has 1 aliphatic heterocycles. The first-order valence-corrected chi connectivity index (χ1v) is 13.8. The van der Waals surface area contributed by atoms with Gasteiger partial charge < -0.3 is 14.5 Å². The van der Waals surface area contributed by atoms with Crippen LogP contribution in [-0.2, 0) is 26.1 Å². The van der Waals surface area contributed by atoms with Crippen molar-refractivity contribution < 1.29 is 13.9 Å². The number of hydrogen-bond acceptors (Lipinski definition) is 7. The molecule has 210 valence electrons. The number of pyridine rings is 1. The Bertz CT molecular complexity index is 1690. The third-order valence-electron chi connectivity index (χ3n) is 7.40. The second-order valence-electron chi connectivity index (χ2n) is 10.2. The van der Waals surface area contributed by atoms with Crippen LogP contribution >= 0.6 is 0 Å². The predicted molar refractivity (Wildman–Crippen MR) is 152 cm³/mol. The van der Waals surface area contributed by atoms with Crippen LogP contribution in [0.3, 0.4) is 0 Å². The summed E-state index contributed by atoms with van der Waals surface area (Å²) in [7, 11) is 0. The Morgan fingerprint density at radius 2 is 1.73 bits per heavy atom. The first kappa shape index (κ1) is 26.6. The summed E-state index contributed by atoms with van der Waals surface area (Å²) in [5, 5.41) is 13.6. The van der Waals surface area contributed by atoms with Gasteiger partial charge in [0.15, 0.2) is 17.3 Å². The zero-order valence-electron chi connectivity index (χ0n) is 22.8. The van der Waals surface area contributed by atoms with Gasteiger partial charge in [0, 0.05) is 36.7 Å². The highest BCUT2D eigenvalue weighted by molar-refractivity contribution is 5.83. The van der Waals surface area contributed by atoms with E-state index in [2.05, 4.69) is 44.5 Å². The Kier molecular flexibility index (Phi) is 7.73. The molecule has 41 heavy (non-hydrogen) atoms. The lowest BCUT2D eigenvalue weighted by molar-refractivity contribution is 0.160. The van der Waals surface area contributed by atoms with Gasteiger partial charge in [-0.3, -0.25) is 9.69 Å². The van der Waals surface area contributed by atoms with Crippen molar-refractivity contribution in [3.8, 4) is 11.5 Å². The molecule has 0 radical (unpaired) electrons. The van der Waals surface area contributed by atoms with E-state index in [-0.39, 0.29) is 17.4 Å². The lowest BCUT2D eigenvalue weighted by Crippen LogP contribution is -2.32. The van der Waals surface area contributed by atoms with Crippen LogP contribution in [0.25, 0.3) is 10.9 Å². The summed E-state index contributed by atoms with van der Waals surface area (Å²) in [6.07, 6.45) is 1.49. The molecule has 1 atom stereocenters. The van der Waals surface area contributed by atoms with Crippen molar-refractivity contribution in [1.82, 2.24) is 30.1 Å². The van der Waals surface area contributed by atoms with Gasteiger partial charge in [-0.05, 0) is 58.7 Å². The smallest absolute Gasteiger partial charge is 0.252 e. The molecule has 0 bridgehead atoms. The Morgan fingerprint density at radius 3 is 2.49 bits per heavy atom. The summed E-state index contributed by atoms with van der Waals surface area (Å²) >= 11 is 0. The minimum absolute atomic E-state index is 0.184. The molecule has 0 fully saturated rings. The molecule has 10 heteroatoms. The largest absolute Gasteiger partial charge is 0.486 e. The fourth-order valence-electron chi connectivity index (χ4n) is 5.32. The SMILES string of the molecule is CC[C@H](c1nnnn1CCc1ccccc1)N(Cc1ccc(F)cc1)Cc1cc2cc3c(cc2[nH]c1=O)OCCO3. The van der Waals surface area contributed by atoms with E-state index >= 15 is 0 Å². The number of aromatic amines is 1. The van der Waals surface area contributed by atoms with Gasteiger partial charge in [-0.2, -0.15) is 0 Å². The Morgan fingerprint density at radius 1 is 0.976 bits per heavy atom. The number of rotatable bonds is 10. The third-order valence-corrected chi connectivity index (χ3v) is 7.40. The van der Waals surface area contributed by atoms with Crippen LogP contribution in [-0.4, -0.2) is 43.3 Å². The highest BCUT2D eigenvalue weighted by atomic mass is 19.1. The number of halogens is 1. The van der Waals surface area contributed by atoms with E-state index in [9.17, 15) is 9.18 Å². The standard InChI is InChI=1S/C31H31FN6O3/c1-2-27(30-34-35-36-38(30)13-12-21-6-4-3-5-7-21)37(19-22-8-10-25(32)11-9-22)20-24-16-23-17-28-29(41-15-14-40-28)18-26(23)33-31(24)39/h3-11,16-18,27H,2,12-15,19-20H2,1H3,(H,33,39)/t27-/m1/s1. The molecule has 2 aromatic heterocycles. The molecule has 0 aliphatic carbocycles.